The molecule has 1 aromatic rings. The minimum absolute atomic E-state index is 0.0983. The SMILES string of the molecule is OCCN1CC(O)CNc2ccccc21. The number of hydrogen-bond donors (Lipinski definition) is 3. The Morgan fingerprint density at radius 2 is 2.20 bits per heavy atom. The fourth-order valence-corrected chi connectivity index (χ4v) is 1.88. The first-order chi connectivity index (χ1) is 7.31. The quantitative estimate of drug-likeness (QED) is 0.653. The van der Waals surface area contributed by atoms with Gasteiger partial charge in [-0.2, -0.15) is 0 Å². The average molecular weight is 208 g/mol. The molecule has 4 heteroatoms. The van der Waals surface area contributed by atoms with Gasteiger partial charge in [-0.15, -0.1) is 0 Å². The second-order valence-electron chi connectivity index (χ2n) is 3.72. The van der Waals surface area contributed by atoms with Gasteiger partial charge in [0.25, 0.3) is 0 Å². The molecule has 0 bridgehead atoms. The van der Waals surface area contributed by atoms with Gasteiger partial charge in [-0.1, -0.05) is 12.1 Å². The number of aliphatic hydroxyl groups is 2. The van der Waals surface area contributed by atoms with E-state index < -0.39 is 6.10 Å². The van der Waals surface area contributed by atoms with Crippen LogP contribution in [0.5, 0.6) is 0 Å². The zero-order chi connectivity index (χ0) is 10.7. The van der Waals surface area contributed by atoms with Crippen LogP contribution in [-0.4, -0.2) is 42.6 Å². The molecule has 0 aliphatic carbocycles. The normalized spacial score (nSPS) is 20.4. The van der Waals surface area contributed by atoms with Crippen LogP contribution in [0.2, 0.25) is 0 Å². The zero-order valence-corrected chi connectivity index (χ0v) is 8.56. The second kappa shape index (κ2) is 4.51. The van der Waals surface area contributed by atoms with Crippen molar-refractivity contribution in [2.24, 2.45) is 0 Å². The lowest BCUT2D eigenvalue weighted by atomic mass is 10.2. The van der Waals surface area contributed by atoms with E-state index in [1.807, 2.05) is 29.2 Å². The third-order valence-electron chi connectivity index (χ3n) is 2.57. The van der Waals surface area contributed by atoms with Crippen molar-refractivity contribution in [1.82, 2.24) is 0 Å². The first-order valence-corrected chi connectivity index (χ1v) is 5.18. The smallest absolute Gasteiger partial charge is 0.0887 e. The number of nitrogens with one attached hydrogen (secondary N) is 1. The monoisotopic (exact) mass is 208 g/mol. The molecule has 0 radical (unpaired) electrons. The molecular weight excluding hydrogens is 192 g/mol. The van der Waals surface area contributed by atoms with E-state index in [1.54, 1.807) is 0 Å². The van der Waals surface area contributed by atoms with Crippen molar-refractivity contribution in [2.45, 2.75) is 6.10 Å². The molecule has 1 atom stereocenters. The molecule has 0 aromatic heterocycles. The van der Waals surface area contributed by atoms with E-state index in [1.165, 1.54) is 0 Å². The number of anilines is 2. The molecule has 0 spiro atoms. The summed E-state index contributed by atoms with van der Waals surface area (Å²) in [6.45, 7) is 1.76. The molecule has 0 amide bonds. The molecular formula is C11H16N2O2. The van der Waals surface area contributed by atoms with Gasteiger partial charge in [-0.05, 0) is 12.1 Å². The van der Waals surface area contributed by atoms with Crippen LogP contribution >= 0.6 is 0 Å². The van der Waals surface area contributed by atoms with Gasteiger partial charge in [0, 0.05) is 19.6 Å². The summed E-state index contributed by atoms with van der Waals surface area (Å²) in [5, 5.41) is 21.8. The number of β-amino-alcohol motifs (C(OH)–C–C–N with tert-alkyl or cyclic N) is 2. The van der Waals surface area contributed by atoms with Gasteiger partial charge in [0.15, 0.2) is 0 Å². The van der Waals surface area contributed by atoms with E-state index in [0.29, 0.717) is 19.6 Å². The Labute approximate surface area is 89.1 Å². The minimum Gasteiger partial charge on any atom is -0.395 e. The topological polar surface area (TPSA) is 55.7 Å². The van der Waals surface area contributed by atoms with Crippen LogP contribution in [-0.2, 0) is 0 Å². The average Bonchev–Trinajstić information content (AvgIpc) is 2.40. The number of rotatable bonds is 2. The maximum absolute atomic E-state index is 9.67. The van der Waals surface area contributed by atoms with E-state index in [-0.39, 0.29) is 6.61 Å². The zero-order valence-electron chi connectivity index (χ0n) is 8.56. The fraction of sp³-hybridized carbons (Fsp3) is 0.455. The first-order valence-electron chi connectivity index (χ1n) is 5.18. The van der Waals surface area contributed by atoms with E-state index in [0.717, 1.165) is 11.4 Å². The molecule has 0 saturated heterocycles. The predicted octanol–water partition coefficient (Wildman–Crippen LogP) is 0.272. The standard InChI is InChI=1S/C11H16N2O2/c14-6-5-13-8-9(15)7-12-10-3-1-2-4-11(10)13/h1-4,9,12,14-15H,5-8H2. The van der Waals surface area contributed by atoms with Crippen molar-refractivity contribution in [3.8, 4) is 0 Å². The van der Waals surface area contributed by atoms with Crippen LogP contribution in [0.1, 0.15) is 0 Å². The second-order valence-corrected chi connectivity index (χ2v) is 3.72. The fourth-order valence-electron chi connectivity index (χ4n) is 1.88. The largest absolute Gasteiger partial charge is 0.395 e. The third kappa shape index (κ3) is 2.22. The maximum atomic E-state index is 9.67. The molecule has 1 heterocycles. The molecule has 2 rings (SSSR count). The third-order valence-corrected chi connectivity index (χ3v) is 2.57. The molecule has 4 nitrogen and oxygen atoms in total. The van der Waals surface area contributed by atoms with Crippen molar-refractivity contribution in [3.63, 3.8) is 0 Å². The lowest BCUT2D eigenvalue weighted by molar-refractivity contribution is 0.191. The van der Waals surface area contributed by atoms with Gasteiger partial charge in [-0.25, -0.2) is 0 Å². The predicted molar refractivity (Wildman–Crippen MR) is 60.2 cm³/mol. The summed E-state index contributed by atoms with van der Waals surface area (Å²) in [6, 6.07) is 7.90. The number of fused-ring (bicyclic) bond motifs is 1. The Hall–Kier alpha value is -1.26. The molecule has 1 aliphatic rings. The van der Waals surface area contributed by atoms with Crippen molar-refractivity contribution >= 4 is 11.4 Å². The summed E-state index contributed by atoms with van der Waals surface area (Å²) in [6.07, 6.45) is -0.399. The maximum Gasteiger partial charge on any atom is 0.0887 e. The van der Waals surface area contributed by atoms with Gasteiger partial charge in [-0.3, -0.25) is 0 Å². The van der Waals surface area contributed by atoms with Gasteiger partial charge >= 0.3 is 0 Å². The highest BCUT2D eigenvalue weighted by molar-refractivity contribution is 5.70. The van der Waals surface area contributed by atoms with Crippen LogP contribution in [0.4, 0.5) is 11.4 Å². The summed E-state index contributed by atoms with van der Waals surface area (Å²) in [5.41, 5.74) is 2.06. The van der Waals surface area contributed by atoms with Gasteiger partial charge in [0.2, 0.25) is 0 Å². The number of para-hydroxylation sites is 2. The molecule has 1 aromatic carbocycles. The van der Waals surface area contributed by atoms with Crippen LogP contribution in [0.25, 0.3) is 0 Å². The van der Waals surface area contributed by atoms with Crippen molar-refractivity contribution in [2.75, 3.05) is 36.5 Å². The Bertz CT molecular complexity index is 330. The molecule has 1 unspecified atom stereocenters. The minimum atomic E-state index is -0.399. The van der Waals surface area contributed by atoms with Crippen LogP contribution in [0.15, 0.2) is 24.3 Å². The van der Waals surface area contributed by atoms with E-state index in [4.69, 9.17) is 5.11 Å². The molecule has 3 N–H and O–H groups in total. The summed E-state index contributed by atoms with van der Waals surface area (Å²) in [5.74, 6) is 0. The lowest BCUT2D eigenvalue weighted by Gasteiger charge is -2.24. The van der Waals surface area contributed by atoms with Crippen molar-refractivity contribution in [1.29, 1.82) is 0 Å². The number of hydrogen-bond acceptors (Lipinski definition) is 4. The molecule has 82 valence electrons. The summed E-state index contributed by atoms with van der Waals surface area (Å²) in [4.78, 5) is 2.00. The first kappa shape index (κ1) is 10.3. The Morgan fingerprint density at radius 3 is 3.00 bits per heavy atom. The van der Waals surface area contributed by atoms with Crippen LogP contribution in [0.3, 0.4) is 0 Å². The summed E-state index contributed by atoms with van der Waals surface area (Å²) in [7, 11) is 0. The number of nitrogens with zero attached hydrogens (tertiary/aromatic N) is 1. The molecule has 1 aliphatic heterocycles. The number of benzene rings is 1. The molecule has 0 saturated carbocycles. The number of aliphatic hydroxyl groups excluding tert-OH is 2. The van der Waals surface area contributed by atoms with Crippen molar-refractivity contribution < 1.29 is 10.2 Å². The highest BCUT2D eigenvalue weighted by Gasteiger charge is 2.18. The van der Waals surface area contributed by atoms with E-state index in [2.05, 4.69) is 5.32 Å². The van der Waals surface area contributed by atoms with Crippen molar-refractivity contribution in [3.05, 3.63) is 24.3 Å². The summed E-state index contributed by atoms with van der Waals surface area (Å²) < 4.78 is 0. The van der Waals surface area contributed by atoms with E-state index in [9.17, 15) is 5.11 Å². The summed E-state index contributed by atoms with van der Waals surface area (Å²) >= 11 is 0. The Balaban J connectivity index is 2.28. The van der Waals surface area contributed by atoms with Crippen LogP contribution in [0, 0.1) is 0 Å². The van der Waals surface area contributed by atoms with Gasteiger partial charge in [0.1, 0.15) is 0 Å². The van der Waals surface area contributed by atoms with Gasteiger partial charge in [0.05, 0.1) is 24.1 Å². The molecule has 0 fully saturated rings. The highest BCUT2D eigenvalue weighted by atomic mass is 16.3. The Morgan fingerprint density at radius 1 is 1.40 bits per heavy atom. The lowest BCUT2D eigenvalue weighted by Crippen LogP contribution is -2.35. The molecule has 15 heavy (non-hydrogen) atoms. The highest BCUT2D eigenvalue weighted by Crippen LogP contribution is 2.27. The van der Waals surface area contributed by atoms with Crippen LogP contribution < -0.4 is 10.2 Å². The Kier molecular flexibility index (Phi) is 3.08. The van der Waals surface area contributed by atoms with E-state index >= 15 is 0 Å². The van der Waals surface area contributed by atoms with Gasteiger partial charge < -0.3 is 20.4 Å².